The molecule has 0 N–H and O–H groups in total. The summed E-state index contributed by atoms with van der Waals surface area (Å²) in [5.74, 6) is 0. The lowest BCUT2D eigenvalue weighted by Gasteiger charge is -2.13. The first-order valence-corrected chi connectivity index (χ1v) is 6.40. The molecule has 92 valence electrons. The van der Waals surface area contributed by atoms with Crippen LogP contribution in [-0.4, -0.2) is 0 Å². The van der Waals surface area contributed by atoms with Gasteiger partial charge >= 0.3 is 0 Å². The van der Waals surface area contributed by atoms with E-state index in [1.54, 1.807) is 0 Å². The molecule has 0 aliphatic carbocycles. The molecule has 2 rings (SSSR count). The molecule has 2 aromatic carbocycles. The van der Waals surface area contributed by atoms with Gasteiger partial charge in [0.05, 0.1) is 0 Å². The fourth-order valence-electron chi connectivity index (χ4n) is 2.39. The van der Waals surface area contributed by atoms with Crippen LogP contribution in [0.3, 0.4) is 0 Å². The summed E-state index contributed by atoms with van der Waals surface area (Å²) in [5.41, 5.74) is 8.09. The SMILES string of the molecule is C/C(=C(\C)c1ccccc1C)c1ccccc1C. The highest BCUT2D eigenvalue weighted by Crippen LogP contribution is 2.28. The Morgan fingerprint density at radius 3 is 1.28 bits per heavy atom. The predicted molar refractivity (Wildman–Crippen MR) is 80.5 cm³/mol. The Balaban J connectivity index is 2.55. The van der Waals surface area contributed by atoms with Crippen molar-refractivity contribution in [3.8, 4) is 0 Å². The van der Waals surface area contributed by atoms with E-state index in [0.29, 0.717) is 0 Å². The Bertz CT molecular complexity index is 535. The van der Waals surface area contributed by atoms with Crippen molar-refractivity contribution in [2.24, 2.45) is 0 Å². The zero-order valence-corrected chi connectivity index (χ0v) is 11.6. The standard InChI is InChI=1S/C18H20/c1-13-9-5-7-11-17(13)15(3)16(4)18-12-8-6-10-14(18)2/h5-12H,1-4H3/b16-15-. The van der Waals surface area contributed by atoms with E-state index in [9.17, 15) is 0 Å². The van der Waals surface area contributed by atoms with E-state index in [2.05, 4.69) is 76.2 Å². The van der Waals surface area contributed by atoms with Gasteiger partial charge in [0.2, 0.25) is 0 Å². The van der Waals surface area contributed by atoms with Gasteiger partial charge in [-0.1, -0.05) is 48.5 Å². The summed E-state index contributed by atoms with van der Waals surface area (Å²) in [5, 5.41) is 0. The van der Waals surface area contributed by atoms with Crippen molar-refractivity contribution in [2.75, 3.05) is 0 Å². The zero-order chi connectivity index (χ0) is 13.1. The van der Waals surface area contributed by atoms with Crippen molar-refractivity contribution in [3.05, 3.63) is 70.8 Å². The second kappa shape index (κ2) is 5.22. The molecule has 0 saturated carbocycles. The summed E-state index contributed by atoms with van der Waals surface area (Å²) in [6, 6.07) is 17.1. The van der Waals surface area contributed by atoms with Gasteiger partial charge in [-0.25, -0.2) is 0 Å². The summed E-state index contributed by atoms with van der Waals surface area (Å²) >= 11 is 0. The average molecular weight is 236 g/mol. The molecule has 0 unspecified atom stereocenters. The normalized spacial score (nSPS) is 12.2. The molecule has 0 fully saturated rings. The smallest absolute Gasteiger partial charge is 0.0195 e. The number of benzene rings is 2. The highest BCUT2D eigenvalue weighted by Gasteiger charge is 2.06. The van der Waals surface area contributed by atoms with Crippen LogP contribution in [0.4, 0.5) is 0 Å². The number of hydrogen-bond donors (Lipinski definition) is 0. The lowest BCUT2D eigenvalue weighted by molar-refractivity contribution is 1.38. The minimum Gasteiger partial charge on any atom is -0.0620 e. The van der Waals surface area contributed by atoms with Crippen LogP contribution in [-0.2, 0) is 0 Å². The van der Waals surface area contributed by atoms with Gasteiger partial charge in [0.1, 0.15) is 0 Å². The first-order valence-electron chi connectivity index (χ1n) is 6.40. The fourth-order valence-corrected chi connectivity index (χ4v) is 2.39. The maximum atomic E-state index is 2.21. The Kier molecular flexibility index (Phi) is 3.66. The van der Waals surface area contributed by atoms with Gasteiger partial charge in [-0.15, -0.1) is 0 Å². The third-order valence-corrected chi connectivity index (χ3v) is 3.66. The van der Waals surface area contributed by atoms with Gasteiger partial charge in [0, 0.05) is 0 Å². The summed E-state index contributed by atoms with van der Waals surface area (Å²) in [6.07, 6.45) is 0. The first kappa shape index (κ1) is 12.6. The molecule has 18 heavy (non-hydrogen) atoms. The Hall–Kier alpha value is -1.82. The van der Waals surface area contributed by atoms with E-state index in [1.165, 1.54) is 33.4 Å². The second-order valence-corrected chi connectivity index (χ2v) is 4.88. The fraction of sp³-hybridized carbons (Fsp3) is 0.222. The van der Waals surface area contributed by atoms with Gasteiger partial charge in [-0.3, -0.25) is 0 Å². The van der Waals surface area contributed by atoms with Crippen LogP contribution < -0.4 is 0 Å². The maximum absolute atomic E-state index is 2.21. The number of rotatable bonds is 2. The molecule has 2 aromatic rings. The molecular weight excluding hydrogens is 216 g/mol. The van der Waals surface area contributed by atoms with Crippen LogP contribution in [0.25, 0.3) is 11.1 Å². The third-order valence-electron chi connectivity index (χ3n) is 3.66. The number of aryl methyl sites for hydroxylation is 2. The lowest BCUT2D eigenvalue weighted by atomic mass is 9.92. The monoisotopic (exact) mass is 236 g/mol. The Labute approximate surface area is 110 Å². The van der Waals surface area contributed by atoms with Crippen LogP contribution in [0.15, 0.2) is 48.5 Å². The summed E-state index contributed by atoms with van der Waals surface area (Å²) in [7, 11) is 0. The Morgan fingerprint density at radius 1 is 0.611 bits per heavy atom. The van der Waals surface area contributed by atoms with Crippen molar-refractivity contribution < 1.29 is 0 Å². The van der Waals surface area contributed by atoms with Gasteiger partial charge in [-0.05, 0) is 61.1 Å². The largest absolute Gasteiger partial charge is 0.0620 e. The molecule has 0 bridgehead atoms. The minimum atomic E-state index is 1.34. The van der Waals surface area contributed by atoms with E-state index in [1.807, 2.05) is 0 Å². The number of hydrogen-bond acceptors (Lipinski definition) is 0. The molecule has 0 heteroatoms. The molecule has 0 atom stereocenters. The van der Waals surface area contributed by atoms with E-state index in [4.69, 9.17) is 0 Å². The van der Waals surface area contributed by atoms with Crippen LogP contribution in [0.5, 0.6) is 0 Å². The third kappa shape index (κ3) is 2.38. The molecule has 0 aliphatic heterocycles. The molecule has 0 spiro atoms. The van der Waals surface area contributed by atoms with Gasteiger partial charge in [0.15, 0.2) is 0 Å². The van der Waals surface area contributed by atoms with Gasteiger partial charge in [-0.2, -0.15) is 0 Å². The highest BCUT2D eigenvalue weighted by molar-refractivity contribution is 5.90. The van der Waals surface area contributed by atoms with Crippen LogP contribution >= 0.6 is 0 Å². The van der Waals surface area contributed by atoms with E-state index >= 15 is 0 Å². The van der Waals surface area contributed by atoms with Crippen molar-refractivity contribution in [2.45, 2.75) is 27.7 Å². The van der Waals surface area contributed by atoms with Crippen molar-refractivity contribution in [1.82, 2.24) is 0 Å². The van der Waals surface area contributed by atoms with E-state index in [0.717, 1.165) is 0 Å². The summed E-state index contributed by atoms with van der Waals surface area (Å²) < 4.78 is 0. The number of allylic oxidation sites excluding steroid dienone is 2. The van der Waals surface area contributed by atoms with Crippen molar-refractivity contribution in [1.29, 1.82) is 0 Å². The molecule has 0 radical (unpaired) electrons. The molecule has 0 aliphatic rings. The summed E-state index contributed by atoms with van der Waals surface area (Å²) in [4.78, 5) is 0. The molecule has 0 heterocycles. The van der Waals surface area contributed by atoms with Gasteiger partial charge < -0.3 is 0 Å². The summed E-state index contributed by atoms with van der Waals surface area (Å²) in [6.45, 7) is 8.77. The molecule has 0 nitrogen and oxygen atoms in total. The maximum Gasteiger partial charge on any atom is -0.0195 e. The molecule has 0 saturated heterocycles. The van der Waals surface area contributed by atoms with Crippen molar-refractivity contribution >= 4 is 11.1 Å². The topological polar surface area (TPSA) is 0 Å². The Morgan fingerprint density at radius 2 is 0.944 bits per heavy atom. The second-order valence-electron chi connectivity index (χ2n) is 4.88. The molecule has 0 aromatic heterocycles. The van der Waals surface area contributed by atoms with Crippen LogP contribution in [0.1, 0.15) is 36.1 Å². The highest BCUT2D eigenvalue weighted by atomic mass is 14.1. The average Bonchev–Trinajstić information content (AvgIpc) is 2.38. The molecule has 0 amide bonds. The van der Waals surface area contributed by atoms with Crippen LogP contribution in [0.2, 0.25) is 0 Å². The minimum absolute atomic E-state index is 1.34. The van der Waals surface area contributed by atoms with Crippen molar-refractivity contribution in [3.63, 3.8) is 0 Å². The predicted octanol–water partition coefficient (Wildman–Crippen LogP) is 5.25. The zero-order valence-electron chi connectivity index (χ0n) is 11.6. The van der Waals surface area contributed by atoms with Crippen LogP contribution in [0, 0.1) is 13.8 Å². The quantitative estimate of drug-likeness (QED) is 0.624. The van der Waals surface area contributed by atoms with E-state index in [-0.39, 0.29) is 0 Å². The van der Waals surface area contributed by atoms with Gasteiger partial charge in [0.25, 0.3) is 0 Å². The lowest BCUT2D eigenvalue weighted by Crippen LogP contribution is -1.91. The molecular formula is C18H20. The van der Waals surface area contributed by atoms with E-state index < -0.39 is 0 Å². The first-order chi connectivity index (χ1) is 8.61.